The van der Waals surface area contributed by atoms with Crippen molar-refractivity contribution in [3.63, 3.8) is 0 Å². The molecular weight excluding hydrogens is 362 g/mol. The van der Waals surface area contributed by atoms with Crippen LogP contribution in [0.25, 0.3) is 11.4 Å². The topological polar surface area (TPSA) is 73.1 Å². The molecule has 1 fully saturated rings. The fourth-order valence-electron chi connectivity index (χ4n) is 4.15. The molecule has 0 bridgehead atoms. The highest BCUT2D eigenvalue weighted by Gasteiger charge is 2.41. The molecule has 3 aromatic rings. The third-order valence-electron chi connectivity index (χ3n) is 5.46. The van der Waals surface area contributed by atoms with Gasteiger partial charge in [0.25, 0.3) is 5.91 Å². The van der Waals surface area contributed by atoms with Crippen molar-refractivity contribution in [2.45, 2.75) is 18.9 Å². The molecule has 0 radical (unpaired) electrons. The van der Waals surface area contributed by atoms with Crippen LogP contribution in [0.5, 0.6) is 5.06 Å². The second-order valence-electron chi connectivity index (χ2n) is 6.94. The van der Waals surface area contributed by atoms with E-state index >= 15 is 0 Å². The number of likely N-dealkylation sites (tertiary alicyclic amines) is 1. The summed E-state index contributed by atoms with van der Waals surface area (Å²) in [6.07, 6.45) is 5.47. The normalized spacial score (nSPS) is 21.0. The van der Waals surface area contributed by atoms with E-state index in [0.29, 0.717) is 12.5 Å². The van der Waals surface area contributed by atoms with Crippen LogP contribution in [0.1, 0.15) is 28.0 Å². The van der Waals surface area contributed by atoms with E-state index in [1.165, 1.54) is 11.3 Å². The molecule has 5 heterocycles. The first-order valence-electron chi connectivity index (χ1n) is 9.02. The first-order valence-corrected chi connectivity index (χ1v) is 9.83. The van der Waals surface area contributed by atoms with E-state index in [0.717, 1.165) is 46.5 Å². The lowest BCUT2D eigenvalue weighted by molar-refractivity contribution is 0.0789. The fourth-order valence-corrected chi connectivity index (χ4v) is 4.94. The van der Waals surface area contributed by atoms with Crippen molar-refractivity contribution >= 4 is 17.2 Å². The Morgan fingerprint density at radius 1 is 1.19 bits per heavy atom. The van der Waals surface area contributed by atoms with Crippen molar-refractivity contribution in [3.8, 4) is 16.5 Å². The number of hydrogen-bond acceptors (Lipinski definition) is 6. The van der Waals surface area contributed by atoms with Gasteiger partial charge in [0, 0.05) is 37.5 Å². The maximum Gasteiger partial charge on any atom is 0.264 e. The minimum Gasteiger partial charge on any atom is -0.487 e. The minimum atomic E-state index is 0.0813. The average Bonchev–Trinajstić information content (AvgIpc) is 3.44. The number of hydrogen-bond donors (Lipinski definition) is 0. The molecule has 0 N–H and O–H groups in total. The number of amides is 1. The summed E-state index contributed by atoms with van der Waals surface area (Å²) in [6.45, 7) is 1.46. The van der Waals surface area contributed by atoms with Gasteiger partial charge in [-0.25, -0.2) is 0 Å². The first kappa shape index (κ1) is 16.4. The molecule has 0 spiro atoms. The van der Waals surface area contributed by atoms with Crippen LogP contribution >= 0.6 is 11.3 Å². The summed E-state index contributed by atoms with van der Waals surface area (Å²) < 4.78 is 7.47. The van der Waals surface area contributed by atoms with Gasteiger partial charge in [-0.05, 0) is 36.6 Å². The Morgan fingerprint density at radius 2 is 2.04 bits per heavy atom. The molecule has 0 aromatic carbocycles. The molecule has 7 nitrogen and oxygen atoms in total. The lowest BCUT2D eigenvalue weighted by atomic mass is 9.93. The zero-order valence-corrected chi connectivity index (χ0v) is 15.7. The third-order valence-corrected chi connectivity index (χ3v) is 6.50. The highest BCUT2D eigenvalue weighted by Crippen LogP contribution is 2.40. The summed E-state index contributed by atoms with van der Waals surface area (Å²) >= 11 is 1.40. The van der Waals surface area contributed by atoms with E-state index in [9.17, 15) is 4.79 Å². The van der Waals surface area contributed by atoms with Gasteiger partial charge < -0.3 is 14.2 Å². The first-order chi connectivity index (χ1) is 13.2. The second kappa shape index (κ2) is 6.45. The molecule has 138 valence electrons. The predicted molar refractivity (Wildman–Crippen MR) is 101 cm³/mol. The van der Waals surface area contributed by atoms with Crippen LogP contribution in [-0.2, 0) is 6.42 Å². The monoisotopic (exact) mass is 381 g/mol. The lowest BCUT2D eigenvalue weighted by Crippen LogP contribution is -2.28. The Balaban J connectivity index is 1.45. The van der Waals surface area contributed by atoms with E-state index in [1.54, 1.807) is 19.5 Å². The van der Waals surface area contributed by atoms with Crippen molar-refractivity contribution < 1.29 is 9.53 Å². The Bertz CT molecular complexity index is 983. The maximum absolute atomic E-state index is 13.0. The highest BCUT2D eigenvalue weighted by molar-refractivity contribution is 7.15. The average molecular weight is 381 g/mol. The van der Waals surface area contributed by atoms with Crippen LogP contribution in [0.4, 0.5) is 0 Å². The quantitative estimate of drug-likeness (QED) is 0.697. The molecule has 2 atom stereocenters. The van der Waals surface area contributed by atoms with E-state index in [4.69, 9.17) is 4.74 Å². The molecule has 1 amide bonds. The Morgan fingerprint density at radius 3 is 2.81 bits per heavy atom. The molecule has 2 aliphatic rings. The van der Waals surface area contributed by atoms with Crippen molar-refractivity contribution in [2.75, 3.05) is 20.2 Å². The van der Waals surface area contributed by atoms with Crippen LogP contribution in [0.15, 0.2) is 36.7 Å². The second-order valence-corrected chi connectivity index (χ2v) is 7.99. The van der Waals surface area contributed by atoms with Crippen LogP contribution in [0, 0.1) is 5.92 Å². The van der Waals surface area contributed by atoms with Gasteiger partial charge in [0.15, 0.2) is 10.9 Å². The summed E-state index contributed by atoms with van der Waals surface area (Å²) in [7, 11) is 1.62. The van der Waals surface area contributed by atoms with Crippen LogP contribution in [-0.4, -0.2) is 50.8 Å². The highest BCUT2D eigenvalue weighted by atomic mass is 32.1. The number of methoxy groups -OCH3 is 1. The molecule has 0 aliphatic carbocycles. The van der Waals surface area contributed by atoms with Gasteiger partial charge in [-0.2, -0.15) is 0 Å². The number of aryl methyl sites for hydroxylation is 1. The van der Waals surface area contributed by atoms with Gasteiger partial charge in [-0.1, -0.05) is 11.3 Å². The number of aromatic nitrogens is 4. The van der Waals surface area contributed by atoms with Crippen molar-refractivity contribution in [2.24, 2.45) is 5.92 Å². The van der Waals surface area contributed by atoms with Gasteiger partial charge >= 0.3 is 0 Å². The van der Waals surface area contributed by atoms with Crippen molar-refractivity contribution in [1.82, 2.24) is 24.6 Å². The molecule has 27 heavy (non-hydrogen) atoms. The molecule has 0 saturated carbocycles. The van der Waals surface area contributed by atoms with Crippen LogP contribution in [0.3, 0.4) is 0 Å². The predicted octanol–water partition coefficient (Wildman–Crippen LogP) is 2.67. The number of ether oxygens (including phenoxy) is 1. The zero-order valence-electron chi connectivity index (χ0n) is 14.9. The Hall–Kier alpha value is -2.74. The molecule has 5 rings (SSSR count). The molecule has 2 aliphatic heterocycles. The number of fused-ring (bicyclic) bond motifs is 3. The van der Waals surface area contributed by atoms with Gasteiger partial charge in [0.05, 0.1) is 18.0 Å². The van der Waals surface area contributed by atoms with Gasteiger partial charge in [0.2, 0.25) is 0 Å². The standard InChI is InChI=1S/C19H19N5O2S/c1-26-17-5-3-15(27-17)19(25)23-10-13-2-4-16-21-22-18(24(16)14(13)11-23)12-6-8-20-9-7-12/h3,5-9,13-14H,2,4,10-11H2,1H3/t13-,14+/m1/s1. The molecular formula is C19H19N5O2S. The summed E-state index contributed by atoms with van der Waals surface area (Å²) in [5.74, 6) is 2.39. The van der Waals surface area contributed by atoms with Crippen LogP contribution in [0.2, 0.25) is 0 Å². The lowest BCUT2D eigenvalue weighted by Gasteiger charge is -2.27. The summed E-state index contributed by atoms with van der Waals surface area (Å²) in [5.41, 5.74) is 1.01. The fraction of sp³-hybridized carbons (Fsp3) is 0.368. The molecule has 0 unspecified atom stereocenters. The maximum atomic E-state index is 13.0. The summed E-state index contributed by atoms with van der Waals surface area (Å²) in [5, 5.41) is 9.61. The third kappa shape index (κ3) is 2.71. The molecule has 3 aromatic heterocycles. The van der Waals surface area contributed by atoms with Crippen LogP contribution < -0.4 is 4.74 Å². The molecule has 8 heteroatoms. The number of carbonyl (C=O) groups excluding carboxylic acids is 1. The van der Waals surface area contributed by atoms with E-state index in [-0.39, 0.29) is 11.9 Å². The van der Waals surface area contributed by atoms with E-state index in [1.807, 2.05) is 29.2 Å². The van der Waals surface area contributed by atoms with Crippen molar-refractivity contribution in [3.05, 3.63) is 47.4 Å². The van der Waals surface area contributed by atoms with Gasteiger partial charge in [-0.3, -0.25) is 9.78 Å². The SMILES string of the molecule is COc1ccc(C(=O)N2C[C@H]3CCc4nnc(-c5ccncc5)n4[C@H]3C2)s1. The number of rotatable bonds is 3. The van der Waals surface area contributed by atoms with Crippen molar-refractivity contribution in [1.29, 1.82) is 0 Å². The number of thiophene rings is 1. The Labute approximate surface area is 160 Å². The number of pyridine rings is 1. The van der Waals surface area contributed by atoms with E-state index < -0.39 is 0 Å². The Kier molecular flexibility index (Phi) is 3.93. The summed E-state index contributed by atoms with van der Waals surface area (Å²) in [4.78, 5) is 19.7. The summed E-state index contributed by atoms with van der Waals surface area (Å²) in [6, 6.07) is 7.83. The largest absolute Gasteiger partial charge is 0.487 e. The number of nitrogens with zero attached hydrogens (tertiary/aromatic N) is 5. The van der Waals surface area contributed by atoms with E-state index in [2.05, 4.69) is 19.7 Å². The number of carbonyl (C=O) groups is 1. The smallest absolute Gasteiger partial charge is 0.264 e. The molecule has 1 saturated heterocycles. The van der Waals surface area contributed by atoms with Gasteiger partial charge in [0.1, 0.15) is 5.82 Å². The minimum absolute atomic E-state index is 0.0813. The van der Waals surface area contributed by atoms with Gasteiger partial charge in [-0.15, -0.1) is 10.2 Å². The zero-order chi connectivity index (χ0) is 18.4.